The Bertz CT molecular complexity index is 868. The maximum Gasteiger partial charge on any atom is 0.113 e. The lowest BCUT2D eigenvalue weighted by atomic mass is 9.55. The van der Waals surface area contributed by atoms with Gasteiger partial charge in [0.15, 0.2) is 0 Å². The molecule has 0 aliphatic carbocycles. The molecule has 3 nitrogen and oxygen atoms in total. The van der Waals surface area contributed by atoms with Crippen LogP contribution in [0.5, 0.6) is 0 Å². The van der Waals surface area contributed by atoms with Crippen LogP contribution in [-0.4, -0.2) is 16.7 Å². The number of hydrogen-bond donors (Lipinski definition) is 0. The average Bonchev–Trinajstić information content (AvgIpc) is 3.02. The molecule has 3 atom stereocenters. The van der Waals surface area contributed by atoms with Gasteiger partial charge in [-0.15, -0.1) is 0 Å². The summed E-state index contributed by atoms with van der Waals surface area (Å²) in [6, 6.07) is 11.1. The van der Waals surface area contributed by atoms with Gasteiger partial charge in [0.2, 0.25) is 0 Å². The summed E-state index contributed by atoms with van der Waals surface area (Å²) in [5.41, 5.74) is 5.58. The van der Waals surface area contributed by atoms with Gasteiger partial charge in [-0.3, -0.25) is 4.98 Å². The van der Waals surface area contributed by atoms with Gasteiger partial charge in [-0.25, -0.2) is 0 Å². The Morgan fingerprint density at radius 3 is 2.22 bits per heavy atom. The summed E-state index contributed by atoms with van der Waals surface area (Å²) >= 11 is 0. The zero-order valence-electron chi connectivity index (χ0n) is 17.9. The molecule has 27 heavy (non-hydrogen) atoms. The second-order valence-electron chi connectivity index (χ2n) is 9.62. The second kappa shape index (κ2) is 5.73. The molecule has 144 valence electrons. The van der Waals surface area contributed by atoms with Crippen LogP contribution in [0.2, 0.25) is 0 Å². The molecule has 3 heterocycles. The first-order chi connectivity index (χ1) is 12.7. The fraction of sp³-hybridized carbons (Fsp3) is 0.542. The molecule has 0 saturated heterocycles. The van der Waals surface area contributed by atoms with E-state index in [0.29, 0.717) is 0 Å². The summed E-state index contributed by atoms with van der Waals surface area (Å²) in [6.07, 6.45) is 6.57. The van der Waals surface area contributed by atoms with E-state index in [4.69, 9.17) is 0 Å². The first kappa shape index (κ1) is 18.3. The predicted octanol–water partition coefficient (Wildman–Crippen LogP) is 6.26. The molecule has 4 rings (SSSR count). The minimum absolute atomic E-state index is 0.0281. The monoisotopic (exact) mass is 363 g/mol. The summed E-state index contributed by atoms with van der Waals surface area (Å²) < 4.78 is 0. The Hall–Kier alpha value is -2.03. The first-order valence-electron chi connectivity index (χ1n) is 10.3. The van der Waals surface area contributed by atoms with Crippen LogP contribution in [0.25, 0.3) is 0 Å². The number of rotatable bonds is 2. The standard InChI is InChI=1S/C24H33N3/c1-8-23(6)17-14-15-25-16-20(17)26-18-12-10-11-13-19(18)27(22(3,4)5)21(26)24(23,7)9-2/h10-16,21H,8-9H2,1-7H3. The summed E-state index contributed by atoms with van der Waals surface area (Å²) in [5.74, 6) is 0. The lowest BCUT2D eigenvalue weighted by Crippen LogP contribution is -2.66. The zero-order valence-corrected chi connectivity index (χ0v) is 17.9. The molecule has 0 bridgehead atoms. The number of para-hydroxylation sites is 2. The molecule has 1 aromatic carbocycles. The van der Waals surface area contributed by atoms with E-state index < -0.39 is 0 Å². The molecule has 0 spiro atoms. The lowest BCUT2D eigenvalue weighted by molar-refractivity contribution is 0.0840. The number of hydrogen-bond acceptors (Lipinski definition) is 3. The van der Waals surface area contributed by atoms with Crippen LogP contribution in [0.4, 0.5) is 17.1 Å². The number of aromatic nitrogens is 1. The Kier molecular flexibility index (Phi) is 3.89. The van der Waals surface area contributed by atoms with Gasteiger partial charge in [0.1, 0.15) is 6.17 Å². The van der Waals surface area contributed by atoms with Crippen molar-refractivity contribution in [1.29, 1.82) is 0 Å². The molecule has 0 saturated carbocycles. The second-order valence-corrected chi connectivity index (χ2v) is 9.62. The molecule has 0 N–H and O–H groups in total. The van der Waals surface area contributed by atoms with E-state index in [0.717, 1.165) is 12.8 Å². The highest BCUT2D eigenvalue weighted by molar-refractivity contribution is 5.87. The molecule has 3 unspecified atom stereocenters. The van der Waals surface area contributed by atoms with Crippen LogP contribution in [0.3, 0.4) is 0 Å². The average molecular weight is 364 g/mol. The van der Waals surface area contributed by atoms with E-state index in [1.54, 1.807) is 0 Å². The van der Waals surface area contributed by atoms with E-state index in [-0.39, 0.29) is 22.5 Å². The quantitative estimate of drug-likeness (QED) is 0.627. The molecule has 0 fully saturated rings. The number of pyridine rings is 1. The van der Waals surface area contributed by atoms with Crippen molar-refractivity contribution in [2.24, 2.45) is 5.41 Å². The van der Waals surface area contributed by atoms with Crippen LogP contribution < -0.4 is 9.80 Å². The Morgan fingerprint density at radius 2 is 1.63 bits per heavy atom. The van der Waals surface area contributed by atoms with Gasteiger partial charge >= 0.3 is 0 Å². The fourth-order valence-corrected chi connectivity index (χ4v) is 5.61. The highest BCUT2D eigenvalue weighted by atomic mass is 15.5. The summed E-state index contributed by atoms with van der Waals surface area (Å²) in [6.45, 7) is 16.7. The van der Waals surface area contributed by atoms with Crippen molar-refractivity contribution in [3.63, 3.8) is 0 Å². The molecule has 0 amide bonds. The number of benzene rings is 1. The van der Waals surface area contributed by atoms with Gasteiger partial charge in [-0.2, -0.15) is 0 Å². The van der Waals surface area contributed by atoms with Crippen LogP contribution in [0, 0.1) is 5.41 Å². The highest BCUT2D eigenvalue weighted by Gasteiger charge is 2.61. The van der Waals surface area contributed by atoms with Gasteiger partial charge in [-0.1, -0.05) is 39.8 Å². The van der Waals surface area contributed by atoms with Crippen molar-refractivity contribution in [1.82, 2.24) is 4.98 Å². The summed E-state index contributed by atoms with van der Waals surface area (Å²) in [4.78, 5) is 9.77. The summed E-state index contributed by atoms with van der Waals surface area (Å²) in [5, 5.41) is 0. The SMILES string of the molecule is CCC1(C)c2ccncc2N2c3ccccc3N(C(C)(C)C)C2C1(C)CC. The maximum atomic E-state index is 4.53. The zero-order chi connectivity index (χ0) is 19.6. The third kappa shape index (κ3) is 2.17. The molecular weight excluding hydrogens is 330 g/mol. The van der Waals surface area contributed by atoms with Gasteiger partial charge in [0.05, 0.1) is 23.3 Å². The molecule has 3 heteroatoms. The van der Waals surface area contributed by atoms with Crippen LogP contribution in [0.1, 0.15) is 66.9 Å². The number of nitrogens with zero attached hydrogens (tertiary/aromatic N) is 3. The fourth-order valence-electron chi connectivity index (χ4n) is 5.61. The molecule has 2 aliphatic rings. The van der Waals surface area contributed by atoms with Crippen LogP contribution in [-0.2, 0) is 5.41 Å². The van der Waals surface area contributed by atoms with Gasteiger partial charge in [0.25, 0.3) is 0 Å². The topological polar surface area (TPSA) is 19.4 Å². The predicted molar refractivity (Wildman–Crippen MR) is 115 cm³/mol. The van der Waals surface area contributed by atoms with E-state index >= 15 is 0 Å². The van der Waals surface area contributed by atoms with Crippen molar-refractivity contribution in [3.8, 4) is 0 Å². The van der Waals surface area contributed by atoms with E-state index in [9.17, 15) is 0 Å². The van der Waals surface area contributed by atoms with Gasteiger partial charge in [-0.05, 0) is 57.4 Å². The van der Waals surface area contributed by atoms with E-state index in [2.05, 4.69) is 99.8 Å². The van der Waals surface area contributed by atoms with Crippen molar-refractivity contribution >= 4 is 17.1 Å². The third-order valence-corrected chi connectivity index (χ3v) is 7.54. The molecule has 2 aliphatic heterocycles. The molecule has 0 radical (unpaired) electrons. The molecule has 1 aromatic heterocycles. The first-order valence-corrected chi connectivity index (χ1v) is 10.3. The van der Waals surface area contributed by atoms with E-state index in [1.165, 1.54) is 22.6 Å². The van der Waals surface area contributed by atoms with Gasteiger partial charge < -0.3 is 9.80 Å². The van der Waals surface area contributed by atoms with Crippen molar-refractivity contribution in [3.05, 3.63) is 48.3 Å². The Labute approximate surface area is 164 Å². The molecular formula is C24H33N3. The molecule has 2 aromatic rings. The highest BCUT2D eigenvalue weighted by Crippen LogP contribution is 2.63. The minimum Gasteiger partial charge on any atom is -0.344 e. The smallest absolute Gasteiger partial charge is 0.113 e. The largest absolute Gasteiger partial charge is 0.344 e. The Morgan fingerprint density at radius 1 is 0.963 bits per heavy atom. The maximum absolute atomic E-state index is 4.53. The number of fused-ring (bicyclic) bond motifs is 5. The van der Waals surface area contributed by atoms with Crippen LogP contribution >= 0.6 is 0 Å². The normalized spacial score (nSPS) is 29.4. The van der Waals surface area contributed by atoms with Crippen molar-refractivity contribution < 1.29 is 0 Å². The lowest BCUT2D eigenvalue weighted by Gasteiger charge is -2.60. The van der Waals surface area contributed by atoms with E-state index in [1.807, 2.05) is 6.20 Å². The third-order valence-electron chi connectivity index (χ3n) is 7.54. The van der Waals surface area contributed by atoms with Gasteiger partial charge in [0, 0.05) is 22.6 Å². The number of anilines is 3. The van der Waals surface area contributed by atoms with Crippen LogP contribution in [0.15, 0.2) is 42.7 Å². The van der Waals surface area contributed by atoms with Crippen molar-refractivity contribution in [2.45, 2.75) is 78.4 Å². The summed E-state index contributed by atoms with van der Waals surface area (Å²) in [7, 11) is 0. The Balaban J connectivity index is 2.10. The minimum atomic E-state index is 0.0281. The van der Waals surface area contributed by atoms with Crippen molar-refractivity contribution in [2.75, 3.05) is 9.80 Å².